The van der Waals surface area contributed by atoms with Gasteiger partial charge in [0.15, 0.2) is 11.6 Å². The minimum absolute atomic E-state index is 0.0529. The molecule has 2 aromatic carbocycles. The van der Waals surface area contributed by atoms with Gasteiger partial charge in [-0.05, 0) is 43.7 Å². The molecule has 1 atom stereocenters. The molecule has 2 aromatic rings. The summed E-state index contributed by atoms with van der Waals surface area (Å²) in [7, 11) is -2.79. The predicted molar refractivity (Wildman–Crippen MR) is 97.4 cm³/mol. The van der Waals surface area contributed by atoms with Crippen LogP contribution in [-0.2, 0) is 10.0 Å². The molecule has 0 spiro atoms. The number of hydrogen-bond acceptors (Lipinski definition) is 4. The zero-order chi connectivity index (χ0) is 19.3. The molecule has 0 heterocycles. The quantitative estimate of drug-likeness (QED) is 0.773. The number of nitrogens with one attached hydrogen (secondary N) is 2. The number of sulfonamides is 1. The lowest BCUT2D eigenvalue weighted by Gasteiger charge is -2.15. The maximum absolute atomic E-state index is 13.8. The van der Waals surface area contributed by atoms with E-state index in [0.29, 0.717) is 0 Å². The summed E-state index contributed by atoms with van der Waals surface area (Å²) in [6.45, 7) is 3.78. The maximum Gasteiger partial charge on any atom is 0.262 e. The van der Waals surface area contributed by atoms with E-state index in [1.54, 1.807) is 12.1 Å². The zero-order valence-corrected chi connectivity index (χ0v) is 15.6. The Labute approximate surface area is 152 Å². The van der Waals surface area contributed by atoms with Crippen LogP contribution in [0.2, 0.25) is 0 Å². The summed E-state index contributed by atoms with van der Waals surface area (Å²) < 4.78 is 46.1. The fourth-order valence-corrected chi connectivity index (χ4v) is 3.28. The number of benzene rings is 2. The average Bonchev–Trinajstić information content (AvgIpc) is 2.61. The van der Waals surface area contributed by atoms with Gasteiger partial charge in [-0.3, -0.25) is 9.52 Å². The lowest BCUT2D eigenvalue weighted by molar-refractivity contribution is 0.0940. The molecule has 0 saturated heterocycles. The van der Waals surface area contributed by atoms with Crippen LogP contribution >= 0.6 is 0 Å². The van der Waals surface area contributed by atoms with Crippen molar-refractivity contribution in [1.82, 2.24) is 5.32 Å². The Morgan fingerprint density at radius 1 is 1.23 bits per heavy atom. The smallest absolute Gasteiger partial charge is 0.262 e. The second-order valence-corrected chi connectivity index (χ2v) is 7.41. The summed E-state index contributed by atoms with van der Waals surface area (Å²) in [4.78, 5) is 12.1. The first-order valence-electron chi connectivity index (χ1n) is 8.04. The van der Waals surface area contributed by atoms with Crippen molar-refractivity contribution in [2.45, 2.75) is 31.2 Å². The Bertz CT molecular complexity index is 900. The SMILES string of the molecule is CC[C@H](C)NC(=O)c1ccccc1NS(=O)(=O)c1ccc(OC)c(F)c1. The molecule has 0 saturated carbocycles. The maximum atomic E-state index is 13.8. The second kappa shape index (κ2) is 8.18. The third-order valence-electron chi connectivity index (χ3n) is 3.84. The molecule has 0 aliphatic heterocycles. The molecule has 6 nitrogen and oxygen atoms in total. The molecule has 0 aliphatic carbocycles. The first-order valence-corrected chi connectivity index (χ1v) is 9.53. The van der Waals surface area contributed by atoms with Gasteiger partial charge in [0, 0.05) is 6.04 Å². The van der Waals surface area contributed by atoms with Gasteiger partial charge < -0.3 is 10.1 Å². The van der Waals surface area contributed by atoms with Gasteiger partial charge >= 0.3 is 0 Å². The number of amides is 1. The highest BCUT2D eigenvalue weighted by Crippen LogP contribution is 2.24. The number of carbonyl (C=O) groups excluding carboxylic acids is 1. The molecule has 8 heteroatoms. The van der Waals surface area contributed by atoms with Crippen LogP contribution in [0.1, 0.15) is 30.6 Å². The lowest BCUT2D eigenvalue weighted by atomic mass is 10.1. The summed E-state index contributed by atoms with van der Waals surface area (Å²) in [6.07, 6.45) is 0.741. The minimum atomic E-state index is -4.08. The van der Waals surface area contributed by atoms with Crippen LogP contribution in [0.3, 0.4) is 0 Å². The number of halogens is 1. The Morgan fingerprint density at radius 3 is 2.54 bits per heavy atom. The summed E-state index contributed by atoms with van der Waals surface area (Å²) in [5.74, 6) is -1.24. The highest BCUT2D eigenvalue weighted by Gasteiger charge is 2.20. The van der Waals surface area contributed by atoms with Gasteiger partial charge in [-0.1, -0.05) is 19.1 Å². The largest absolute Gasteiger partial charge is 0.494 e. The van der Waals surface area contributed by atoms with Crippen LogP contribution < -0.4 is 14.8 Å². The summed E-state index contributed by atoms with van der Waals surface area (Å²) in [5, 5.41) is 2.79. The zero-order valence-electron chi connectivity index (χ0n) is 14.7. The van der Waals surface area contributed by atoms with E-state index in [-0.39, 0.29) is 27.9 Å². The molecule has 2 N–H and O–H groups in total. The van der Waals surface area contributed by atoms with Crippen molar-refractivity contribution in [3.8, 4) is 5.75 Å². The van der Waals surface area contributed by atoms with Crippen LogP contribution in [0.15, 0.2) is 47.4 Å². The minimum Gasteiger partial charge on any atom is -0.494 e. The topological polar surface area (TPSA) is 84.5 Å². The molecule has 0 fully saturated rings. The van der Waals surface area contributed by atoms with Crippen molar-refractivity contribution in [1.29, 1.82) is 0 Å². The first-order chi connectivity index (χ1) is 12.3. The van der Waals surface area contributed by atoms with Crippen molar-refractivity contribution < 1.29 is 22.3 Å². The van der Waals surface area contributed by atoms with Crippen molar-refractivity contribution in [3.05, 3.63) is 53.8 Å². The highest BCUT2D eigenvalue weighted by molar-refractivity contribution is 7.92. The molecule has 0 unspecified atom stereocenters. The summed E-state index contributed by atoms with van der Waals surface area (Å²) in [6, 6.07) is 9.50. The molecular weight excluding hydrogens is 359 g/mol. The van der Waals surface area contributed by atoms with Crippen molar-refractivity contribution >= 4 is 21.6 Å². The van der Waals surface area contributed by atoms with Crippen LogP contribution in [0.4, 0.5) is 10.1 Å². The molecular formula is C18H21FN2O4S. The third-order valence-corrected chi connectivity index (χ3v) is 5.20. The molecule has 0 radical (unpaired) electrons. The van der Waals surface area contributed by atoms with Gasteiger partial charge in [0.05, 0.1) is 23.3 Å². The molecule has 26 heavy (non-hydrogen) atoms. The number of rotatable bonds is 7. The monoisotopic (exact) mass is 380 g/mol. The van der Waals surface area contributed by atoms with E-state index in [9.17, 15) is 17.6 Å². The molecule has 1 amide bonds. The highest BCUT2D eigenvalue weighted by atomic mass is 32.2. The van der Waals surface area contributed by atoms with Crippen LogP contribution in [0.5, 0.6) is 5.75 Å². The number of ether oxygens (including phenoxy) is 1. The molecule has 2 rings (SSSR count). The fourth-order valence-electron chi connectivity index (χ4n) is 2.19. The van der Waals surface area contributed by atoms with Crippen molar-refractivity contribution in [3.63, 3.8) is 0 Å². The lowest BCUT2D eigenvalue weighted by Crippen LogP contribution is -2.32. The van der Waals surface area contributed by atoms with E-state index in [0.717, 1.165) is 12.5 Å². The van der Waals surface area contributed by atoms with Crippen LogP contribution in [0, 0.1) is 5.82 Å². The second-order valence-electron chi connectivity index (χ2n) is 5.73. The Hall–Kier alpha value is -2.61. The van der Waals surface area contributed by atoms with E-state index < -0.39 is 21.7 Å². The summed E-state index contributed by atoms with van der Waals surface area (Å²) >= 11 is 0. The van der Waals surface area contributed by atoms with E-state index in [1.807, 2.05) is 13.8 Å². The van der Waals surface area contributed by atoms with E-state index in [2.05, 4.69) is 10.0 Å². The van der Waals surface area contributed by atoms with Gasteiger partial charge in [0.1, 0.15) is 0 Å². The van der Waals surface area contributed by atoms with Crippen LogP contribution in [0.25, 0.3) is 0 Å². The predicted octanol–water partition coefficient (Wildman–Crippen LogP) is 3.16. The number of anilines is 1. The van der Waals surface area contributed by atoms with Gasteiger partial charge in [0.2, 0.25) is 0 Å². The van der Waals surface area contributed by atoms with Crippen molar-refractivity contribution in [2.24, 2.45) is 0 Å². The Balaban J connectivity index is 2.33. The molecule has 0 bridgehead atoms. The Kier molecular flexibility index (Phi) is 6.20. The van der Waals surface area contributed by atoms with Crippen molar-refractivity contribution in [2.75, 3.05) is 11.8 Å². The van der Waals surface area contributed by atoms with Gasteiger partial charge in [-0.25, -0.2) is 12.8 Å². The molecule has 0 aliphatic rings. The molecule has 0 aromatic heterocycles. The van der Waals surface area contributed by atoms with E-state index in [1.165, 1.54) is 31.4 Å². The van der Waals surface area contributed by atoms with Gasteiger partial charge in [-0.15, -0.1) is 0 Å². The van der Waals surface area contributed by atoms with Crippen LogP contribution in [-0.4, -0.2) is 27.5 Å². The van der Waals surface area contributed by atoms with Gasteiger partial charge in [0.25, 0.3) is 15.9 Å². The van der Waals surface area contributed by atoms with Gasteiger partial charge in [-0.2, -0.15) is 0 Å². The summed E-state index contributed by atoms with van der Waals surface area (Å²) in [5.41, 5.74) is 0.301. The number of carbonyl (C=O) groups is 1. The van der Waals surface area contributed by atoms with E-state index in [4.69, 9.17) is 4.74 Å². The van der Waals surface area contributed by atoms with E-state index >= 15 is 0 Å². The normalized spacial score (nSPS) is 12.3. The first kappa shape index (κ1) is 19.7. The fraction of sp³-hybridized carbons (Fsp3) is 0.278. The molecule has 140 valence electrons. The average molecular weight is 380 g/mol. The number of hydrogen-bond donors (Lipinski definition) is 2. The standard InChI is InChI=1S/C18H21FN2O4S/c1-4-12(2)20-18(22)14-7-5-6-8-16(14)21-26(23,24)13-9-10-17(25-3)15(19)11-13/h5-12,21H,4H2,1-3H3,(H,20,22)/t12-/m0/s1. The third kappa shape index (κ3) is 4.51. The number of methoxy groups -OCH3 is 1. The number of para-hydroxylation sites is 1. The Morgan fingerprint density at radius 2 is 1.92 bits per heavy atom.